The van der Waals surface area contributed by atoms with Crippen molar-refractivity contribution in [2.45, 2.75) is 26.8 Å². The van der Waals surface area contributed by atoms with Crippen LogP contribution in [0.4, 0.5) is 0 Å². The predicted molar refractivity (Wildman–Crippen MR) is 44.8 cm³/mol. The zero-order valence-corrected chi connectivity index (χ0v) is 7.00. The van der Waals surface area contributed by atoms with Gasteiger partial charge in [0, 0.05) is 24.0 Å². The quantitative estimate of drug-likeness (QED) is 0.606. The summed E-state index contributed by atoms with van der Waals surface area (Å²) in [7, 11) is 0. The van der Waals surface area contributed by atoms with Gasteiger partial charge in [-0.15, -0.1) is 0 Å². The molecule has 1 heterocycles. The first-order valence-electron chi connectivity index (χ1n) is 3.90. The van der Waals surface area contributed by atoms with E-state index in [-0.39, 0.29) is 0 Å². The van der Waals surface area contributed by atoms with Gasteiger partial charge in [0.1, 0.15) is 0 Å². The van der Waals surface area contributed by atoms with Crippen molar-refractivity contribution < 1.29 is 4.79 Å². The molecule has 0 spiro atoms. The molecule has 0 aliphatic carbocycles. The fourth-order valence-electron chi connectivity index (χ4n) is 1.19. The van der Waals surface area contributed by atoms with E-state index >= 15 is 0 Å². The number of carbonyl (C=O) groups is 1. The number of rotatable bonds is 3. The molecule has 2 heteroatoms. The first kappa shape index (κ1) is 8.05. The summed E-state index contributed by atoms with van der Waals surface area (Å²) in [5.74, 6) is 0. The molecule has 1 aromatic heterocycles. The Labute approximate surface area is 66.8 Å². The summed E-state index contributed by atoms with van der Waals surface area (Å²) in [5, 5.41) is 0. The van der Waals surface area contributed by atoms with Crippen LogP contribution in [-0.2, 0) is 6.54 Å². The average molecular weight is 151 g/mol. The Morgan fingerprint density at radius 1 is 1.64 bits per heavy atom. The average Bonchev–Trinajstić information content (AvgIpc) is 2.33. The van der Waals surface area contributed by atoms with Crippen LogP contribution in [0.25, 0.3) is 0 Å². The van der Waals surface area contributed by atoms with Gasteiger partial charge in [-0.25, -0.2) is 0 Å². The van der Waals surface area contributed by atoms with Gasteiger partial charge in [0.05, 0.1) is 0 Å². The summed E-state index contributed by atoms with van der Waals surface area (Å²) in [4.78, 5) is 10.4. The predicted octanol–water partition coefficient (Wildman–Crippen LogP) is 2.02. The van der Waals surface area contributed by atoms with Crippen LogP contribution in [0, 0.1) is 6.92 Å². The number of carbonyl (C=O) groups excluding carboxylic acids is 1. The standard InChI is InChI=1S/C9H13NO/c1-3-4-10-6-9(7-11)5-8(10)2/h5-7H,3-4H2,1-2H3. The zero-order chi connectivity index (χ0) is 8.27. The van der Waals surface area contributed by atoms with Crippen molar-refractivity contribution >= 4 is 6.29 Å². The van der Waals surface area contributed by atoms with E-state index in [0.717, 1.165) is 30.5 Å². The molecule has 0 N–H and O–H groups in total. The maximum Gasteiger partial charge on any atom is 0.151 e. The highest BCUT2D eigenvalue weighted by molar-refractivity contribution is 5.74. The first-order chi connectivity index (χ1) is 5.27. The van der Waals surface area contributed by atoms with Crippen LogP contribution >= 0.6 is 0 Å². The molecule has 0 saturated carbocycles. The van der Waals surface area contributed by atoms with Gasteiger partial charge >= 0.3 is 0 Å². The van der Waals surface area contributed by atoms with E-state index in [2.05, 4.69) is 11.5 Å². The topological polar surface area (TPSA) is 22.0 Å². The van der Waals surface area contributed by atoms with Gasteiger partial charge in [-0.05, 0) is 19.4 Å². The normalized spacial score (nSPS) is 10.0. The summed E-state index contributed by atoms with van der Waals surface area (Å²) in [6.07, 6.45) is 3.89. The maximum absolute atomic E-state index is 10.4. The Balaban J connectivity index is 2.87. The molecule has 0 aromatic carbocycles. The molecule has 0 aliphatic heterocycles. The van der Waals surface area contributed by atoms with E-state index in [0.29, 0.717) is 0 Å². The van der Waals surface area contributed by atoms with Crippen LogP contribution in [0.2, 0.25) is 0 Å². The molecular weight excluding hydrogens is 138 g/mol. The van der Waals surface area contributed by atoms with Crippen molar-refractivity contribution in [3.63, 3.8) is 0 Å². The lowest BCUT2D eigenvalue weighted by atomic mass is 10.3. The monoisotopic (exact) mass is 151 g/mol. The van der Waals surface area contributed by atoms with E-state index in [9.17, 15) is 4.79 Å². The molecule has 0 amide bonds. The van der Waals surface area contributed by atoms with E-state index in [1.807, 2.05) is 19.2 Å². The van der Waals surface area contributed by atoms with Gasteiger partial charge in [-0.3, -0.25) is 4.79 Å². The van der Waals surface area contributed by atoms with Crippen LogP contribution in [-0.4, -0.2) is 10.9 Å². The number of aromatic nitrogens is 1. The Bertz CT molecular complexity index is 250. The van der Waals surface area contributed by atoms with Crippen molar-refractivity contribution in [3.05, 3.63) is 23.5 Å². The molecule has 0 fully saturated rings. The summed E-state index contributed by atoms with van der Waals surface area (Å²) >= 11 is 0. The minimum atomic E-state index is 0.774. The summed E-state index contributed by atoms with van der Waals surface area (Å²) in [6, 6.07) is 1.91. The molecule has 0 aliphatic rings. The van der Waals surface area contributed by atoms with Gasteiger partial charge in [-0.2, -0.15) is 0 Å². The number of nitrogens with zero attached hydrogens (tertiary/aromatic N) is 1. The largest absolute Gasteiger partial charge is 0.351 e. The molecule has 1 rings (SSSR count). The molecule has 0 unspecified atom stereocenters. The van der Waals surface area contributed by atoms with Crippen LogP contribution in [0.1, 0.15) is 29.4 Å². The highest BCUT2D eigenvalue weighted by Gasteiger charge is 1.98. The van der Waals surface area contributed by atoms with Crippen molar-refractivity contribution in [1.82, 2.24) is 4.57 Å². The minimum absolute atomic E-state index is 0.774. The summed E-state index contributed by atoms with van der Waals surface area (Å²) in [6.45, 7) is 5.14. The second-order valence-electron chi connectivity index (χ2n) is 2.73. The van der Waals surface area contributed by atoms with E-state index < -0.39 is 0 Å². The fraction of sp³-hybridized carbons (Fsp3) is 0.444. The van der Waals surface area contributed by atoms with E-state index in [1.54, 1.807) is 0 Å². The summed E-state index contributed by atoms with van der Waals surface area (Å²) in [5.41, 5.74) is 1.94. The number of hydrogen-bond acceptors (Lipinski definition) is 1. The second kappa shape index (κ2) is 3.37. The lowest BCUT2D eigenvalue weighted by molar-refractivity contribution is 0.112. The molecule has 2 nitrogen and oxygen atoms in total. The van der Waals surface area contributed by atoms with Crippen LogP contribution in [0.3, 0.4) is 0 Å². The van der Waals surface area contributed by atoms with Gasteiger partial charge < -0.3 is 4.57 Å². The van der Waals surface area contributed by atoms with Gasteiger partial charge in [-0.1, -0.05) is 6.92 Å². The molecule has 0 bridgehead atoms. The third-order valence-corrected chi connectivity index (χ3v) is 1.73. The van der Waals surface area contributed by atoms with E-state index in [4.69, 9.17) is 0 Å². The summed E-state index contributed by atoms with van der Waals surface area (Å²) < 4.78 is 2.10. The van der Waals surface area contributed by atoms with Crippen molar-refractivity contribution in [2.75, 3.05) is 0 Å². The second-order valence-corrected chi connectivity index (χ2v) is 2.73. The minimum Gasteiger partial charge on any atom is -0.351 e. The van der Waals surface area contributed by atoms with Gasteiger partial charge in [0.15, 0.2) is 6.29 Å². The Morgan fingerprint density at radius 2 is 2.36 bits per heavy atom. The first-order valence-corrected chi connectivity index (χ1v) is 3.90. The molecule has 0 radical (unpaired) electrons. The third-order valence-electron chi connectivity index (χ3n) is 1.73. The van der Waals surface area contributed by atoms with Gasteiger partial charge in [0.2, 0.25) is 0 Å². The third kappa shape index (κ3) is 1.70. The molecule has 11 heavy (non-hydrogen) atoms. The smallest absolute Gasteiger partial charge is 0.151 e. The zero-order valence-electron chi connectivity index (χ0n) is 7.00. The lowest BCUT2D eigenvalue weighted by Gasteiger charge is -2.00. The SMILES string of the molecule is CCCn1cc(C=O)cc1C. The van der Waals surface area contributed by atoms with Crippen LogP contribution < -0.4 is 0 Å². The van der Waals surface area contributed by atoms with Crippen molar-refractivity contribution in [1.29, 1.82) is 0 Å². The maximum atomic E-state index is 10.4. The highest BCUT2D eigenvalue weighted by Crippen LogP contribution is 2.05. The molecule has 0 saturated heterocycles. The van der Waals surface area contributed by atoms with E-state index in [1.165, 1.54) is 0 Å². The van der Waals surface area contributed by atoms with Crippen LogP contribution in [0.15, 0.2) is 12.3 Å². The molecule has 0 atom stereocenters. The van der Waals surface area contributed by atoms with Crippen molar-refractivity contribution in [2.24, 2.45) is 0 Å². The molecular formula is C9H13NO. The Morgan fingerprint density at radius 3 is 2.82 bits per heavy atom. The lowest BCUT2D eigenvalue weighted by Crippen LogP contribution is -1.95. The Hall–Kier alpha value is -1.05. The Kier molecular flexibility index (Phi) is 2.47. The number of hydrogen-bond donors (Lipinski definition) is 0. The number of aldehydes is 1. The number of aryl methyl sites for hydroxylation is 2. The molecule has 60 valence electrons. The highest BCUT2D eigenvalue weighted by atomic mass is 16.1. The fourth-order valence-corrected chi connectivity index (χ4v) is 1.19. The van der Waals surface area contributed by atoms with Crippen LogP contribution in [0.5, 0.6) is 0 Å². The van der Waals surface area contributed by atoms with Gasteiger partial charge in [0.25, 0.3) is 0 Å². The molecule has 1 aromatic rings. The van der Waals surface area contributed by atoms with Crippen molar-refractivity contribution in [3.8, 4) is 0 Å².